The van der Waals surface area contributed by atoms with E-state index in [2.05, 4.69) is 5.32 Å². The van der Waals surface area contributed by atoms with Crippen LogP contribution in [-0.4, -0.2) is 37.0 Å². The van der Waals surface area contributed by atoms with Gasteiger partial charge in [0.25, 0.3) is 0 Å². The first kappa shape index (κ1) is 31.0. The molecule has 0 fully saturated rings. The topological polar surface area (TPSA) is 108 Å². The van der Waals surface area contributed by atoms with Gasteiger partial charge < -0.3 is 19.5 Å². The summed E-state index contributed by atoms with van der Waals surface area (Å²) in [4.78, 5) is 53.3. The van der Waals surface area contributed by atoms with Crippen molar-refractivity contribution in [1.82, 2.24) is 5.32 Å². The number of esters is 2. The Morgan fingerprint density at radius 3 is 1.78 bits per heavy atom. The number of methoxy groups -OCH3 is 1. The number of Topliss-reactive ketones (excluding diaryl/α,β-unsaturated/α-hetero) is 1. The highest BCUT2D eigenvalue weighted by molar-refractivity contribution is 6.05. The summed E-state index contributed by atoms with van der Waals surface area (Å²) in [5.74, 6) is -6.37. The van der Waals surface area contributed by atoms with Gasteiger partial charge in [0, 0.05) is 0 Å². The normalized spacial score (nSPS) is 13.0. The van der Waals surface area contributed by atoms with E-state index in [0.29, 0.717) is 11.1 Å². The summed E-state index contributed by atoms with van der Waals surface area (Å²) in [6.45, 7) is 3.23. The molecule has 0 aliphatic rings. The van der Waals surface area contributed by atoms with Crippen LogP contribution in [0.3, 0.4) is 0 Å². The molecule has 3 aromatic carbocycles. The number of halogens is 1. The Hall–Kier alpha value is -4.53. The van der Waals surface area contributed by atoms with Crippen molar-refractivity contribution in [2.24, 2.45) is 17.8 Å². The zero-order valence-electron chi connectivity index (χ0n) is 23.2. The largest absolute Gasteiger partial charge is 0.469 e. The molecule has 41 heavy (non-hydrogen) atoms. The number of ether oxygens (including phenoxy) is 3. The Kier molecular flexibility index (Phi) is 11.6. The van der Waals surface area contributed by atoms with Crippen LogP contribution in [0.25, 0.3) is 0 Å². The van der Waals surface area contributed by atoms with Crippen LogP contribution in [0.15, 0.2) is 84.9 Å². The maximum absolute atomic E-state index is 14.0. The summed E-state index contributed by atoms with van der Waals surface area (Å²) in [5.41, 5.74) is 1.94. The van der Waals surface area contributed by atoms with Crippen LogP contribution in [0.5, 0.6) is 0 Å². The standard InChI is InChI=1S/C32H34FNO7/c1-21(2)28(34-32(38)41-20-24-12-8-5-9-13-24)29(35)27(31(37)40-19-23-10-6-4-7-11-23)26(30(36)39-3)18-22-14-16-25(33)17-15-22/h4-17,21,26-28H,18-20H2,1-3H3,(H,34,38)/t26-,27?,28+/m1/s1. The van der Waals surface area contributed by atoms with E-state index in [-0.39, 0.29) is 19.6 Å². The molecule has 1 N–H and O–H groups in total. The van der Waals surface area contributed by atoms with Crippen LogP contribution in [0.2, 0.25) is 0 Å². The van der Waals surface area contributed by atoms with Gasteiger partial charge in [-0.05, 0) is 41.2 Å². The molecule has 8 nitrogen and oxygen atoms in total. The summed E-state index contributed by atoms with van der Waals surface area (Å²) < 4.78 is 29.3. The molecule has 3 aromatic rings. The van der Waals surface area contributed by atoms with Crippen molar-refractivity contribution >= 4 is 23.8 Å². The molecular formula is C32H34FNO7. The molecule has 0 heterocycles. The van der Waals surface area contributed by atoms with E-state index >= 15 is 0 Å². The molecule has 0 aromatic heterocycles. The first-order valence-corrected chi connectivity index (χ1v) is 13.2. The molecule has 0 saturated carbocycles. The third-order valence-electron chi connectivity index (χ3n) is 6.52. The minimum Gasteiger partial charge on any atom is -0.469 e. The molecule has 0 aliphatic heterocycles. The lowest BCUT2D eigenvalue weighted by Crippen LogP contribution is -2.51. The van der Waals surface area contributed by atoms with Gasteiger partial charge >= 0.3 is 18.0 Å². The van der Waals surface area contributed by atoms with Gasteiger partial charge in [-0.2, -0.15) is 0 Å². The number of nitrogens with one attached hydrogen (secondary N) is 1. The molecule has 0 aliphatic carbocycles. The molecule has 0 radical (unpaired) electrons. The van der Waals surface area contributed by atoms with E-state index in [1.54, 1.807) is 62.4 Å². The maximum Gasteiger partial charge on any atom is 0.408 e. The van der Waals surface area contributed by atoms with Gasteiger partial charge in [0.15, 0.2) is 5.78 Å². The molecule has 1 unspecified atom stereocenters. The molecule has 1 amide bonds. The molecule has 0 spiro atoms. The number of rotatable bonds is 13. The highest BCUT2D eigenvalue weighted by Gasteiger charge is 2.45. The van der Waals surface area contributed by atoms with Crippen molar-refractivity contribution in [3.05, 3.63) is 107 Å². The average molecular weight is 564 g/mol. The van der Waals surface area contributed by atoms with Crippen LogP contribution in [-0.2, 0) is 48.2 Å². The van der Waals surface area contributed by atoms with Crippen molar-refractivity contribution in [3.63, 3.8) is 0 Å². The number of carbonyl (C=O) groups excluding carboxylic acids is 4. The minimum atomic E-state index is -1.63. The Morgan fingerprint density at radius 1 is 0.732 bits per heavy atom. The zero-order chi connectivity index (χ0) is 29.8. The lowest BCUT2D eigenvalue weighted by molar-refractivity contribution is -0.164. The van der Waals surface area contributed by atoms with Crippen molar-refractivity contribution in [2.75, 3.05) is 7.11 Å². The lowest BCUT2D eigenvalue weighted by atomic mass is 9.79. The minimum absolute atomic E-state index is 0.0242. The van der Waals surface area contributed by atoms with Gasteiger partial charge in [-0.25, -0.2) is 9.18 Å². The number of benzene rings is 3. The van der Waals surface area contributed by atoms with Gasteiger partial charge in [0.2, 0.25) is 0 Å². The number of hydrogen-bond acceptors (Lipinski definition) is 7. The van der Waals surface area contributed by atoms with Gasteiger partial charge in [-0.1, -0.05) is 86.6 Å². The second kappa shape index (κ2) is 15.3. The van der Waals surface area contributed by atoms with Crippen LogP contribution >= 0.6 is 0 Å². The van der Waals surface area contributed by atoms with Gasteiger partial charge in [0.1, 0.15) is 24.9 Å². The monoisotopic (exact) mass is 563 g/mol. The summed E-state index contributed by atoms with van der Waals surface area (Å²) in [6, 6.07) is 22.0. The smallest absolute Gasteiger partial charge is 0.408 e. The van der Waals surface area contributed by atoms with E-state index in [0.717, 1.165) is 12.7 Å². The third-order valence-corrected chi connectivity index (χ3v) is 6.52. The Morgan fingerprint density at radius 2 is 1.27 bits per heavy atom. The van der Waals surface area contributed by atoms with Crippen LogP contribution < -0.4 is 5.32 Å². The van der Waals surface area contributed by atoms with E-state index in [4.69, 9.17) is 14.2 Å². The fourth-order valence-electron chi connectivity index (χ4n) is 4.31. The number of hydrogen-bond donors (Lipinski definition) is 1. The van der Waals surface area contributed by atoms with E-state index in [9.17, 15) is 23.6 Å². The molecule has 0 bridgehead atoms. The number of amides is 1. The number of alkyl carbamates (subject to hydrolysis) is 1. The van der Waals surface area contributed by atoms with E-state index < -0.39 is 53.4 Å². The SMILES string of the molecule is COC(=O)[C@H](Cc1ccc(F)cc1)C(C(=O)OCc1ccccc1)C(=O)[C@@H](NC(=O)OCc1ccccc1)C(C)C. The van der Waals surface area contributed by atoms with Gasteiger partial charge in [0.05, 0.1) is 19.1 Å². The second-order valence-electron chi connectivity index (χ2n) is 9.86. The van der Waals surface area contributed by atoms with Crippen LogP contribution in [0.1, 0.15) is 30.5 Å². The fourth-order valence-corrected chi connectivity index (χ4v) is 4.31. The first-order valence-electron chi connectivity index (χ1n) is 13.2. The summed E-state index contributed by atoms with van der Waals surface area (Å²) >= 11 is 0. The zero-order valence-corrected chi connectivity index (χ0v) is 23.2. The highest BCUT2D eigenvalue weighted by Crippen LogP contribution is 2.26. The summed E-state index contributed by atoms with van der Waals surface area (Å²) in [7, 11) is 1.15. The quantitative estimate of drug-likeness (QED) is 0.176. The molecule has 3 atom stereocenters. The van der Waals surface area contributed by atoms with E-state index in [1.807, 2.05) is 12.1 Å². The van der Waals surface area contributed by atoms with Crippen molar-refractivity contribution in [3.8, 4) is 0 Å². The molecular weight excluding hydrogens is 529 g/mol. The fraction of sp³-hybridized carbons (Fsp3) is 0.312. The van der Waals surface area contributed by atoms with Gasteiger partial charge in [-0.3, -0.25) is 14.4 Å². The Bertz CT molecular complexity index is 1300. The van der Waals surface area contributed by atoms with Crippen LogP contribution in [0, 0.1) is 23.6 Å². The number of carbonyl (C=O) groups is 4. The van der Waals surface area contributed by atoms with Gasteiger partial charge in [-0.15, -0.1) is 0 Å². The number of ketones is 1. The van der Waals surface area contributed by atoms with Crippen molar-refractivity contribution in [1.29, 1.82) is 0 Å². The Labute approximate surface area is 238 Å². The third kappa shape index (κ3) is 9.27. The van der Waals surface area contributed by atoms with E-state index in [1.165, 1.54) is 24.3 Å². The van der Waals surface area contributed by atoms with Crippen molar-refractivity contribution < 1.29 is 37.8 Å². The highest BCUT2D eigenvalue weighted by atomic mass is 19.1. The predicted octanol–water partition coefficient (Wildman–Crippen LogP) is 5.04. The maximum atomic E-state index is 14.0. The molecule has 3 rings (SSSR count). The Balaban J connectivity index is 1.88. The summed E-state index contributed by atoms with van der Waals surface area (Å²) in [5, 5.41) is 2.56. The molecule has 9 heteroatoms. The summed E-state index contributed by atoms with van der Waals surface area (Å²) in [6.07, 6.45) is -0.960. The molecule has 216 valence electrons. The lowest BCUT2D eigenvalue weighted by Gasteiger charge is -2.28. The average Bonchev–Trinajstić information content (AvgIpc) is 2.98. The first-order chi connectivity index (χ1) is 19.7. The van der Waals surface area contributed by atoms with Crippen molar-refractivity contribution in [2.45, 2.75) is 39.5 Å². The molecule has 0 saturated heterocycles. The van der Waals surface area contributed by atoms with Crippen LogP contribution in [0.4, 0.5) is 9.18 Å². The predicted molar refractivity (Wildman–Crippen MR) is 149 cm³/mol. The second-order valence-corrected chi connectivity index (χ2v) is 9.86.